The minimum atomic E-state index is 0. The standard InChI is InChI=1S/C10H23N3O2.ClH/c1-11-9-10(14)12-5-4-6-13(2)7-8-15-3;/h11H,4-9H2,1-3H3,(H,12,14);1H. The lowest BCUT2D eigenvalue weighted by Crippen LogP contribution is -2.34. The molecule has 0 bridgehead atoms. The van der Waals surface area contributed by atoms with Crippen molar-refractivity contribution in [1.82, 2.24) is 15.5 Å². The number of nitrogens with zero attached hydrogens (tertiary/aromatic N) is 1. The largest absolute Gasteiger partial charge is 0.383 e. The Kier molecular flexibility index (Phi) is 14.3. The predicted molar refractivity (Wildman–Crippen MR) is 68.2 cm³/mol. The van der Waals surface area contributed by atoms with E-state index < -0.39 is 0 Å². The fourth-order valence-electron chi connectivity index (χ4n) is 1.16. The number of methoxy groups -OCH3 is 1. The van der Waals surface area contributed by atoms with E-state index in [1.807, 2.05) is 0 Å². The average molecular weight is 254 g/mol. The molecule has 0 aromatic carbocycles. The summed E-state index contributed by atoms with van der Waals surface area (Å²) >= 11 is 0. The molecule has 0 aliphatic rings. The van der Waals surface area contributed by atoms with Crippen LogP contribution in [-0.4, -0.2) is 64.8 Å². The number of amides is 1. The second kappa shape index (κ2) is 12.7. The summed E-state index contributed by atoms with van der Waals surface area (Å²) in [6, 6.07) is 0. The average Bonchev–Trinajstić information content (AvgIpc) is 2.22. The number of carbonyl (C=O) groups excluding carboxylic acids is 1. The van der Waals surface area contributed by atoms with Gasteiger partial charge < -0.3 is 20.3 Å². The lowest BCUT2D eigenvalue weighted by molar-refractivity contribution is -0.120. The molecule has 0 saturated heterocycles. The number of rotatable bonds is 9. The van der Waals surface area contributed by atoms with Crippen LogP contribution < -0.4 is 10.6 Å². The van der Waals surface area contributed by atoms with Crippen molar-refractivity contribution < 1.29 is 9.53 Å². The van der Waals surface area contributed by atoms with E-state index in [0.29, 0.717) is 6.54 Å². The normalized spacial score (nSPS) is 10.0. The highest BCUT2D eigenvalue weighted by atomic mass is 35.5. The number of halogens is 1. The predicted octanol–water partition coefficient (Wildman–Crippen LogP) is -0.288. The summed E-state index contributed by atoms with van der Waals surface area (Å²) in [7, 11) is 5.51. The lowest BCUT2D eigenvalue weighted by atomic mass is 10.4. The fraction of sp³-hybridized carbons (Fsp3) is 0.900. The molecule has 6 heteroatoms. The van der Waals surface area contributed by atoms with Gasteiger partial charge >= 0.3 is 0 Å². The molecule has 98 valence electrons. The zero-order chi connectivity index (χ0) is 11.5. The molecule has 0 saturated carbocycles. The Labute approximate surface area is 104 Å². The van der Waals surface area contributed by atoms with Crippen LogP contribution in [0, 0.1) is 0 Å². The van der Waals surface area contributed by atoms with Gasteiger partial charge in [-0.15, -0.1) is 12.4 Å². The Morgan fingerprint density at radius 1 is 1.38 bits per heavy atom. The molecule has 16 heavy (non-hydrogen) atoms. The van der Waals surface area contributed by atoms with Crippen molar-refractivity contribution >= 4 is 18.3 Å². The van der Waals surface area contributed by atoms with Gasteiger partial charge in [0, 0.05) is 20.2 Å². The summed E-state index contributed by atoms with van der Waals surface area (Å²) in [5, 5.41) is 5.64. The van der Waals surface area contributed by atoms with Gasteiger partial charge in [0.2, 0.25) is 5.91 Å². The maximum atomic E-state index is 11.1. The Bertz CT molecular complexity index is 170. The van der Waals surface area contributed by atoms with E-state index in [-0.39, 0.29) is 18.3 Å². The Morgan fingerprint density at radius 2 is 2.06 bits per heavy atom. The van der Waals surface area contributed by atoms with Crippen LogP contribution in [0.5, 0.6) is 0 Å². The third-order valence-electron chi connectivity index (χ3n) is 2.05. The van der Waals surface area contributed by atoms with Gasteiger partial charge in [-0.2, -0.15) is 0 Å². The van der Waals surface area contributed by atoms with Crippen molar-refractivity contribution in [2.24, 2.45) is 0 Å². The smallest absolute Gasteiger partial charge is 0.233 e. The van der Waals surface area contributed by atoms with E-state index in [9.17, 15) is 4.79 Å². The Hall–Kier alpha value is -0.360. The Balaban J connectivity index is 0. The molecule has 0 fully saturated rings. The topological polar surface area (TPSA) is 53.6 Å². The Morgan fingerprint density at radius 3 is 2.62 bits per heavy atom. The third kappa shape index (κ3) is 11.7. The summed E-state index contributed by atoms with van der Waals surface area (Å²) in [4.78, 5) is 13.2. The summed E-state index contributed by atoms with van der Waals surface area (Å²) in [5.74, 6) is 0.0528. The molecule has 2 N–H and O–H groups in total. The van der Waals surface area contributed by atoms with Crippen LogP contribution in [0.2, 0.25) is 0 Å². The van der Waals surface area contributed by atoms with E-state index in [1.165, 1.54) is 0 Å². The maximum Gasteiger partial charge on any atom is 0.233 e. The van der Waals surface area contributed by atoms with Crippen LogP contribution in [0.15, 0.2) is 0 Å². The molecule has 1 amide bonds. The second-order valence-electron chi connectivity index (χ2n) is 3.53. The van der Waals surface area contributed by atoms with Crippen molar-refractivity contribution in [3.8, 4) is 0 Å². The van der Waals surface area contributed by atoms with Gasteiger partial charge in [0.15, 0.2) is 0 Å². The minimum absolute atomic E-state index is 0. The van der Waals surface area contributed by atoms with E-state index >= 15 is 0 Å². The first-order chi connectivity index (χ1) is 7.20. The van der Waals surface area contributed by atoms with Crippen molar-refractivity contribution in [2.75, 3.05) is 54.0 Å². The molecule has 0 aliphatic carbocycles. The number of hydrogen-bond acceptors (Lipinski definition) is 4. The number of hydrogen-bond donors (Lipinski definition) is 2. The summed E-state index contributed by atoms with van der Waals surface area (Å²) in [6.07, 6.45) is 0.968. The third-order valence-corrected chi connectivity index (χ3v) is 2.05. The van der Waals surface area contributed by atoms with Crippen molar-refractivity contribution in [1.29, 1.82) is 0 Å². The maximum absolute atomic E-state index is 11.1. The van der Waals surface area contributed by atoms with Crippen LogP contribution in [0.25, 0.3) is 0 Å². The van der Waals surface area contributed by atoms with Gasteiger partial charge in [-0.3, -0.25) is 4.79 Å². The second-order valence-corrected chi connectivity index (χ2v) is 3.53. The van der Waals surface area contributed by atoms with Gasteiger partial charge in [0.05, 0.1) is 13.2 Å². The molecule has 5 nitrogen and oxygen atoms in total. The molecule has 0 rings (SSSR count). The molecule has 0 aromatic heterocycles. The van der Waals surface area contributed by atoms with Gasteiger partial charge in [-0.05, 0) is 27.1 Å². The van der Waals surface area contributed by atoms with E-state index in [2.05, 4.69) is 22.6 Å². The molecular formula is C10H24ClN3O2. The van der Waals surface area contributed by atoms with Crippen LogP contribution >= 0.6 is 12.4 Å². The number of carbonyl (C=O) groups is 1. The molecule has 0 heterocycles. The monoisotopic (exact) mass is 253 g/mol. The minimum Gasteiger partial charge on any atom is -0.383 e. The number of likely N-dealkylation sites (N-methyl/N-ethyl adjacent to an activating group) is 2. The van der Waals surface area contributed by atoms with Gasteiger partial charge in [0.1, 0.15) is 0 Å². The molecule has 0 atom stereocenters. The fourth-order valence-corrected chi connectivity index (χ4v) is 1.16. The van der Waals surface area contributed by atoms with Crippen LogP contribution in [0.4, 0.5) is 0 Å². The summed E-state index contributed by atoms with van der Waals surface area (Å²) in [5.41, 5.74) is 0. The number of nitrogens with one attached hydrogen (secondary N) is 2. The highest BCUT2D eigenvalue weighted by Gasteiger charge is 1.99. The van der Waals surface area contributed by atoms with Crippen LogP contribution in [-0.2, 0) is 9.53 Å². The van der Waals surface area contributed by atoms with Crippen molar-refractivity contribution in [2.45, 2.75) is 6.42 Å². The van der Waals surface area contributed by atoms with Crippen molar-refractivity contribution in [3.05, 3.63) is 0 Å². The van der Waals surface area contributed by atoms with Gasteiger partial charge in [-0.25, -0.2) is 0 Å². The first-order valence-electron chi connectivity index (χ1n) is 5.29. The molecule has 0 unspecified atom stereocenters. The van der Waals surface area contributed by atoms with E-state index in [1.54, 1.807) is 14.2 Å². The zero-order valence-corrected chi connectivity index (χ0v) is 11.2. The lowest BCUT2D eigenvalue weighted by Gasteiger charge is -2.15. The van der Waals surface area contributed by atoms with Crippen LogP contribution in [0.3, 0.4) is 0 Å². The molecule has 0 radical (unpaired) electrons. The molecular weight excluding hydrogens is 230 g/mol. The highest BCUT2D eigenvalue weighted by Crippen LogP contribution is 1.86. The molecule has 0 spiro atoms. The van der Waals surface area contributed by atoms with Gasteiger partial charge in [-0.1, -0.05) is 0 Å². The quantitative estimate of drug-likeness (QED) is 0.555. The molecule has 0 aromatic rings. The molecule has 0 aliphatic heterocycles. The van der Waals surface area contributed by atoms with Crippen molar-refractivity contribution in [3.63, 3.8) is 0 Å². The first kappa shape index (κ1) is 18.0. The van der Waals surface area contributed by atoms with Crippen LogP contribution in [0.1, 0.15) is 6.42 Å². The zero-order valence-electron chi connectivity index (χ0n) is 10.4. The van der Waals surface area contributed by atoms with Gasteiger partial charge in [0.25, 0.3) is 0 Å². The summed E-state index contributed by atoms with van der Waals surface area (Å²) in [6.45, 7) is 3.78. The SMILES string of the molecule is CNCC(=O)NCCCN(C)CCOC.Cl. The highest BCUT2D eigenvalue weighted by molar-refractivity contribution is 5.85. The van der Waals surface area contributed by atoms with E-state index in [4.69, 9.17) is 4.74 Å². The number of ether oxygens (including phenoxy) is 1. The summed E-state index contributed by atoms with van der Waals surface area (Å²) < 4.78 is 4.97. The first-order valence-corrected chi connectivity index (χ1v) is 5.29. The van der Waals surface area contributed by atoms with E-state index in [0.717, 1.165) is 32.7 Å².